The maximum Gasteiger partial charge on any atom is 0.334 e. The van der Waals surface area contributed by atoms with Gasteiger partial charge in [-0.1, -0.05) is 12.8 Å². The Morgan fingerprint density at radius 3 is 2.50 bits per heavy atom. The molecule has 1 aliphatic carbocycles. The quantitative estimate of drug-likeness (QED) is 0.503. The molecule has 32 heavy (non-hydrogen) atoms. The summed E-state index contributed by atoms with van der Waals surface area (Å²) in [4.78, 5) is 29.3. The number of hydrogen-bond acceptors (Lipinski definition) is 7. The Morgan fingerprint density at radius 1 is 1.06 bits per heavy atom. The summed E-state index contributed by atoms with van der Waals surface area (Å²) in [5, 5.41) is 3.46. The first-order valence-corrected chi connectivity index (χ1v) is 10.7. The van der Waals surface area contributed by atoms with Crippen molar-refractivity contribution < 1.29 is 2.85 Å². The predicted octanol–water partition coefficient (Wildman–Crippen LogP) is 3.64. The smallest absolute Gasteiger partial charge is 0.334 e. The highest BCUT2D eigenvalue weighted by atomic mass is 16.1. The second-order valence-electron chi connectivity index (χ2n) is 8.02. The molecule has 4 aromatic rings. The lowest BCUT2D eigenvalue weighted by molar-refractivity contribution is 0.750. The summed E-state index contributed by atoms with van der Waals surface area (Å²) >= 11 is 0. The minimum absolute atomic E-state index is 0. The number of fused-ring (bicyclic) bond motifs is 1. The molecule has 0 radical (unpaired) electrons. The highest BCUT2D eigenvalue weighted by Gasteiger charge is 2.16. The number of pyridine rings is 2. The monoisotopic (exact) mass is 436 g/mol. The van der Waals surface area contributed by atoms with Gasteiger partial charge in [0.15, 0.2) is 5.65 Å². The van der Waals surface area contributed by atoms with Gasteiger partial charge in [-0.15, -0.1) is 0 Å². The zero-order valence-corrected chi connectivity index (χ0v) is 18.6. The normalized spacial score (nSPS) is 13.7. The van der Waals surface area contributed by atoms with Crippen LogP contribution in [-0.2, 0) is 7.05 Å². The van der Waals surface area contributed by atoms with E-state index in [4.69, 9.17) is 5.73 Å². The molecule has 0 amide bonds. The number of nitrogens with one attached hydrogen (secondary N) is 1. The number of nitrogens with two attached hydrogens (primary N) is 1. The lowest BCUT2D eigenvalue weighted by Gasteiger charge is -2.12. The molecule has 0 atom stereocenters. The highest BCUT2D eigenvalue weighted by Crippen LogP contribution is 2.22. The van der Waals surface area contributed by atoms with Crippen LogP contribution in [0.4, 0.5) is 11.6 Å². The molecule has 0 saturated heterocycles. The number of anilines is 2. The van der Waals surface area contributed by atoms with E-state index in [1.54, 1.807) is 34.8 Å². The third kappa shape index (κ3) is 4.46. The van der Waals surface area contributed by atoms with Gasteiger partial charge in [0.05, 0.1) is 35.0 Å². The van der Waals surface area contributed by atoms with E-state index in [-0.39, 0.29) is 8.54 Å². The summed E-state index contributed by atoms with van der Waals surface area (Å²) in [7, 11) is 1.76. The Hall–Kier alpha value is -3.75. The molecule has 170 valence electrons. The lowest BCUT2D eigenvalue weighted by Crippen LogP contribution is -2.21. The van der Waals surface area contributed by atoms with Gasteiger partial charge < -0.3 is 11.1 Å². The molecule has 1 aliphatic rings. The van der Waals surface area contributed by atoms with Crippen LogP contribution in [0.3, 0.4) is 0 Å². The maximum atomic E-state index is 12.5. The third-order valence-corrected chi connectivity index (χ3v) is 5.74. The number of nitrogens with zero attached hydrogens (tertiary/aromatic N) is 6. The van der Waals surface area contributed by atoms with Crippen molar-refractivity contribution in [1.82, 2.24) is 29.1 Å². The van der Waals surface area contributed by atoms with Crippen molar-refractivity contribution in [2.45, 2.75) is 45.6 Å². The topological polar surface area (TPSA) is 117 Å². The van der Waals surface area contributed by atoms with E-state index in [0.717, 1.165) is 28.4 Å². The van der Waals surface area contributed by atoms with Crippen molar-refractivity contribution in [3.63, 3.8) is 0 Å². The third-order valence-electron chi connectivity index (χ3n) is 5.74. The molecule has 9 nitrogen and oxygen atoms in total. The van der Waals surface area contributed by atoms with E-state index in [9.17, 15) is 4.79 Å². The molecule has 1 saturated carbocycles. The molecule has 4 heterocycles. The van der Waals surface area contributed by atoms with Crippen molar-refractivity contribution in [3.05, 3.63) is 64.7 Å². The largest absolute Gasteiger partial charge is 0.382 e. The van der Waals surface area contributed by atoms with Gasteiger partial charge in [0.1, 0.15) is 11.6 Å². The fourth-order valence-corrected chi connectivity index (χ4v) is 3.84. The average molecular weight is 437 g/mol. The van der Waals surface area contributed by atoms with Crippen LogP contribution in [0.2, 0.25) is 0 Å². The van der Waals surface area contributed by atoms with Crippen molar-refractivity contribution in [3.8, 4) is 5.69 Å². The fraction of sp³-hybridized carbons (Fsp3) is 0.348. The lowest BCUT2D eigenvalue weighted by atomic mass is 10.2. The molecule has 3 N–H and O–H groups in total. The first-order valence-electron chi connectivity index (χ1n) is 10.7. The molecule has 4 aromatic heterocycles. The molecule has 0 aromatic carbocycles. The molecule has 0 aliphatic heterocycles. The summed E-state index contributed by atoms with van der Waals surface area (Å²) in [6.45, 7) is 3.79. The zero-order valence-electron chi connectivity index (χ0n) is 18.6. The Labute approximate surface area is 189 Å². The van der Waals surface area contributed by atoms with Gasteiger partial charge in [-0.2, -0.15) is 0 Å². The summed E-state index contributed by atoms with van der Waals surface area (Å²) in [6.07, 6.45) is 9.96. The van der Waals surface area contributed by atoms with Gasteiger partial charge in [-0.05, 0) is 51.0 Å². The van der Waals surface area contributed by atoms with E-state index >= 15 is 0 Å². The van der Waals surface area contributed by atoms with Crippen LogP contribution in [0.5, 0.6) is 0 Å². The van der Waals surface area contributed by atoms with Gasteiger partial charge in [-0.3, -0.25) is 9.55 Å². The number of aryl methyl sites for hydroxylation is 3. The van der Waals surface area contributed by atoms with Crippen molar-refractivity contribution in [1.29, 1.82) is 0 Å². The van der Waals surface area contributed by atoms with E-state index < -0.39 is 0 Å². The first kappa shape index (κ1) is 21.5. The van der Waals surface area contributed by atoms with Crippen molar-refractivity contribution in [2.24, 2.45) is 7.05 Å². The highest BCUT2D eigenvalue weighted by molar-refractivity contribution is 5.73. The van der Waals surface area contributed by atoms with Crippen LogP contribution < -0.4 is 16.7 Å². The van der Waals surface area contributed by atoms with Crippen LogP contribution in [0.15, 0.2) is 47.7 Å². The molecular formula is C23H32N8O. The summed E-state index contributed by atoms with van der Waals surface area (Å²) in [6, 6.07) is 8.10. The number of imidazole rings is 1. The minimum atomic E-state index is -0.114. The Morgan fingerprint density at radius 2 is 1.84 bits per heavy atom. The summed E-state index contributed by atoms with van der Waals surface area (Å²) in [5.41, 5.74) is 9.27. The standard InChI is InChI=1S/C17H19N5O.C6H9N3.2H2/c1-21-14-7-4-10-18-16(14)22(17(21)23)13-8-9-15(19-11-13)20-12-5-2-3-6-12;1-4-5(2)9-6(7)3-8-4;;/h4,7-12H,2-3,5-6H2,1H3,(H,19,20);3H,1-2H3,(H2,7,9);2*1H. The van der Waals surface area contributed by atoms with Crippen LogP contribution in [0, 0.1) is 13.8 Å². The SMILES string of the molecule is Cc1ncc(N)nc1C.Cn1c(=O)n(-c2ccc(NC3CCCC3)nc2)c2ncccc21.[HH].[HH]. The first-order chi connectivity index (χ1) is 15.4. The summed E-state index contributed by atoms with van der Waals surface area (Å²) < 4.78 is 3.20. The number of aromatic nitrogens is 6. The second-order valence-corrected chi connectivity index (χ2v) is 8.02. The van der Waals surface area contributed by atoms with E-state index in [2.05, 4.69) is 25.3 Å². The number of rotatable bonds is 3. The molecule has 5 rings (SSSR count). The molecule has 0 bridgehead atoms. The fourth-order valence-electron chi connectivity index (χ4n) is 3.84. The number of nitrogen functional groups attached to an aromatic ring is 1. The Balaban J connectivity index is 0.000000318. The van der Waals surface area contributed by atoms with Gasteiger partial charge in [0, 0.05) is 22.1 Å². The zero-order chi connectivity index (χ0) is 22.7. The van der Waals surface area contributed by atoms with Gasteiger partial charge in [-0.25, -0.2) is 24.3 Å². The van der Waals surface area contributed by atoms with Crippen LogP contribution >= 0.6 is 0 Å². The van der Waals surface area contributed by atoms with Crippen LogP contribution in [-0.4, -0.2) is 35.1 Å². The van der Waals surface area contributed by atoms with E-state index in [1.807, 2.05) is 38.1 Å². The molecule has 9 heteroatoms. The van der Waals surface area contributed by atoms with Gasteiger partial charge in [0.25, 0.3) is 0 Å². The van der Waals surface area contributed by atoms with Crippen molar-refractivity contribution in [2.75, 3.05) is 11.1 Å². The van der Waals surface area contributed by atoms with E-state index in [1.165, 1.54) is 25.7 Å². The van der Waals surface area contributed by atoms with E-state index in [0.29, 0.717) is 17.5 Å². The molecule has 0 spiro atoms. The minimum Gasteiger partial charge on any atom is -0.382 e. The average Bonchev–Trinajstić information content (AvgIpc) is 3.39. The van der Waals surface area contributed by atoms with Crippen molar-refractivity contribution >= 4 is 22.8 Å². The molecular weight excluding hydrogens is 404 g/mol. The van der Waals surface area contributed by atoms with Gasteiger partial charge in [0.2, 0.25) is 0 Å². The Kier molecular flexibility index (Phi) is 6.16. The molecule has 0 unspecified atom stereocenters. The van der Waals surface area contributed by atoms with Crippen LogP contribution in [0.25, 0.3) is 16.9 Å². The summed E-state index contributed by atoms with van der Waals surface area (Å²) in [5.74, 6) is 1.35. The maximum absolute atomic E-state index is 12.5. The predicted molar refractivity (Wildman–Crippen MR) is 130 cm³/mol. The van der Waals surface area contributed by atoms with Crippen LogP contribution in [0.1, 0.15) is 39.9 Å². The Bertz CT molecular complexity index is 1280. The van der Waals surface area contributed by atoms with Gasteiger partial charge >= 0.3 is 5.69 Å². The molecule has 1 fully saturated rings. The number of hydrogen-bond donors (Lipinski definition) is 2. The second kappa shape index (κ2) is 9.17.